The topological polar surface area (TPSA) is 76.5 Å². The number of methoxy groups -OCH3 is 1. The average molecular weight is 316 g/mol. The fraction of sp³-hybridized carbons (Fsp3) is 0.312. The second-order valence-corrected chi connectivity index (χ2v) is 5.32. The number of likely N-dealkylation sites (N-methyl/N-ethyl adjacent to an activating group) is 1. The van der Waals surface area contributed by atoms with E-state index in [0.29, 0.717) is 16.8 Å². The molecule has 23 heavy (non-hydrogen) atoms. The van der Waals surface area contributed by atoms with E-state index in [9.17, 15) is 9.59 Å². The van der Waals surface area contributed by atoms with E-state index in [1.807, 2.05) is 14.1 Å². The van der Waals surface area contributed by atoms with Crippen molar-refractivity contribution >= 4 is 17.6 Å². The number of carbonyl (C=O) groups excluding carboxylic acids is 2. The van der Waals surface area contributed by atoms with Crippen LogP contribution in [0.3, 0.4) is 0 Å². The predicted octanol–water partition coefficient (Wildman–Crippen LogP) is 1.48. The standard InChI is InChI=1S/C16H20N4O3/c1-19(2)8-9-20-11-14(10-17-20)18-15(21)12-4-6-13(7-5-12)16(22)23-3/h4-7,10-11H,8-9H2,1-3H3,(H,18,21). The maximum absolute atomic E-state index is 12.2. The first kappa shape index (κ1) is 16.7. The van der Waals surface area contributed by atoms with Crippen molar-refractivity contribution in [3.8, 4) is 0 Å². The van der Waals surface area contributed by atoms with Crippen LogP contribution in [0.25, 0.3) is 0 Å². The molecule has 1 heterocycles. The first-order valence-electron chi connectivity index (χ1n) is 7.16. The zero-order valence-corrected chi connectivity index (χ0v) is 13.4. The molecular formula is C16H20N4O3. The summed E-state index contributed by atoms with van der Waals surface area (Å²) in [6.07, 6.45) is 3.39. The van der Waals surface area contributed by atoms with Gasteiger partial charge in [0.1, 0.15) is 0 Å². The second kappa shape index (κ2) is 7.55. The third-order valence-electron chi connectivity index (χ3n) is 3.24. The van der Waals surface area contributed by atoms with Crippen molar-refractivity contribution in [1.29, 1.82) is 0 Å². The number of esters is 1. The van der Waals surface area contributed by atoms with Gasteiger partial charge in [-0.3, -0.25) is 9.48 Å². The number of benzene rings is 1. The van der Waals surface area contributed by atoms with Crippen LogP contribution in [0.5, 0.6) is 0 Å². The predicted molar refractivity (Wildman–Crippen MR) is 86.5 cm³/mol. The Morgan fingerprint density at radius 1 is 1.22 bits per heavy atom. The summed E-state index contributed by atoms with van der Waals surface area (Å²) in [5.41, 5.74) is 1.49. The summed E-state index contributed by atoms with van der Waals surface area (Å²) in [6, 6.07) is 6.28. The van der Waals surface area contributed by atoms with Gasteiger partial charge >= 0.3 is 5.97 Å². The Morgan fingerprint density at radius 3 is 2.48 bits per heavy atom. The summed E-state index contributed by atoms with van der Waals surface area (Å²) in [5.74, 6) is -0.687. The fourth-order valence-electron chi connectivity index (χ4n) is 1.93. The molecule has 0 aliphatic rings. The molecule has 0 saturated carbocycles. The van der Waals surface area contributed by atoms with Crippen molar-refractivity contribution in [2.45, 2.75) is 6.54 Å². The molecule has 1 N–H and O–H groups in total. The van der Waals surface area contributed by atoms with Crippen molar-refractivity contribution in [2.24, 2.45) is 0 Å². The van der Waals surface area contributed by atoms with Gasteiger partial charge in [0.25, 0.3) is 5.91 Å². The normalized spacial score (nSPS) is 10.6. The molecule has 2 rings (SSSR count). The Hall–Kier alpha value is -2.67. The first-order valence-corrected chi connectivity index (χ1v) is 7.16. The molecule has 0 spiro atoms. The Kier molecular flexibility index (Phi) is 5.48. The number of hydrogen-bond donors (Lipinski definition) is 1. The molecule has 1 aromatic heterocycles. The van der Waals surface area contributed by atoms with Crippen LogP contribution >= 0.6 is 0 Å². The van der Waals surface area contributed by atoms with Crippen LogP contribution in [0.4, 0.5) is 5.69 Å². The van der Waals surface area contributed by atoms with E-state index in [2.05, 4.69) is 20.1 Å². The summed E-state index contributed by atoms with van der Waals surface area (Å²) in [4.78, 5) is 25.6. The lowest BCUT2D eigenvalue weighted by atomic mass is 10.1. The minimum absolute atomic E-state index is 0.256. The highest BCUT2D eigenvalue weighted by Gasteiger charge is 2.10. The molecule has 7 heteroatoms. The molecule has 0 fully saturated rings. The van der Waals surface area contributed by atoms with E-state index in [4.69, 9.17) is 0 Å². The third-order valence-corrected chi connectivity index (χ3v) is 3.24. The lowest BCUT2D eigenvalue weighted by molar-refractivity contribution is 0.0600. The Morgan fingerprint density at radius 2 is 1.87 bits per heavy atom. The number of hydrogen-bond acceptors (Lipinski definition) is 5. The van der Waals surface area contributed by atoms with E-state index in [1.165, 1.54) is 7.11 Å². The van der Waals surface area contributed by atoms with Crippen molar-refractivity contribution in [3.05, 3.63) is 47.8 Å². The Labute approximate surface area is 134 Å². The van der Waals surface area contributed by atoms with Crippen LogP contribution in [0.15, 0.2) is 36.7 Å². The van der Waals surface area contributed by atoms with Gasteiger partial charge in [-0.25, -0.2) is 4.79 Å². The SMILES string of the molecule is COC(=O)c1ccc(C(=O)Nc2cnn(CCN(C)C)c2)cc1. The molecule has 1 amide bonds. The fourth-order valence-corrected chi connectivity index (χ4v) is 1.93. The summed E-state index contributed by atoms with van der Waals surface area (Å²) in [7, 11) is 5.30. The molecule has 0 atom stereocenters. The van der Waals surface area contributed by atoms with Gasteiger partial charge in [-0.15, -0.1) is 0 Å². The number of carbonyl (C=O) groups is 2. The van der Waals surface area contributed by atoms with Gasteiger partial charge in [0.15, 0.2) is 0 Å². The Balaban J connectivity index is 1.97. The quantitative estimate of drug-likeness (QED) is 0.817. The highest BCUT2D eigenvalue weighted by Crippen LogP contribution is 2.10. The smallest absolute Gasteiger partial charge is 0.337 e. The monoisotopic (exact) mass is 316 g/mol. The minimum Gasteiger partial charge on any atom is -0.465 e. The highest BCUT2D eigenvalue weighted by atomic mass is 16.5. The van der Waals surface area contributed by atoms with Gasteiger partial charge in [0.2, 0.25) is 0 Å². The van der Waals surface area contributed by atoms with E-state index in [-0.39, 0.29) is 5.91 Å². The molecule has 0 aliphatic heterocycles. The molecule has 0 unspecified atom stereocenters. The van der Waals surface area contributed by atoms with E-state index < -0.39 is 5.97 Å². The zero-order valence-electron chi connectivity index (χ0n) is 13.4. The zero-order chi connectivity index (χ0) is 16.8. The van der Waals surface area contributed by atoms with Crippen LogP contribution < -0.4 is 5.32 Å². The maximum Gasteiger partial charge on any atom is 0.337 e. The lowest BCUT2D eigenvalue weighted by Crippen LogP contribution is -2.18. The van der Waals surface area contributed by atoms with Crippen LogP contribution in [-0.2, 0) is 11.3 Å². The van der Waals surface area contributed by atoms with Crippen LogP contribution in [0.2, 0.25) is 0 Å². The average Bonchev–Trinajstić information content (AvgIpc) is 2.99. The first-order chi connectivity index (χ1) is 11.0. The number of rotatable bonds is 6. The molecule has 1 aromatic carbocycles. The number of anilines is 1. The summed E-state index contributed by atoms with van der Waals surface area (Å²) < 4.78 is 6.39. The van der Waals surface area contributed by atoms with Crippen LogP contribution in [0, 0.1) is 0 Å². The van der Waals surface area contributed by atoms with E-state index in [0.717, 1.165) is 13.1 Å². The summed E-state index contributed by atoms with van der Waals surface area (Å²) in [5, 5.41) is 6.97. The van der Waals surface area contributed by atoms with Crippen molar-refractivity contribution in [1.82, 2.24) is 14.7 Å². The van der Waals surface area contributed by atoms with Crippen molar-refractivity contribution in [2.75, 3.05) is 33.1 Å². The molecule has 0 bridgehead atoms. The Bertz CT molecular complexity index is 677. The maximum atomic E-state index is 12.2. The minimum atomic E-state index is -0.431. The van der Waals surface area contributed by atoms with Gasteiger partial charge in [-0.1, -0.05) is 0 Å². The second-order valence-electron chi connectivity index (χ2n) is 5.32. The lowest BCUT2D eigenvalue weighted by Gasteiger charge is -2.08. The molecule has 0 saturated heterocycles. The summed E-state index contributed by atoms with van der Waals surface area (Å²) >= 11 is 0. The molecule has 0 aliphatic carbocycles. The largest absolute Gasteiger partial charge is 0.465 e. The number of amides is 1. The molecule has 7 nitrogen and oxygen atoms in total. The van der Waals surface area contributed by atoms with Gasteiger partial charge in [-0.05, 0) is 38.4 Å². The number of nitrogens with zero attached hydrogens (tertiary/aromatic N) is 3. The van der Waals surface area contributed by atoms with Crippen molar-refractivity contribution in [3.63, 3.8) is 0 Å². The highest BCUT2D eigenvalue weighted by molar-refractivity contribution is 6.04. The van der Waals surface area contributed by atoms with E-state index in [1.54, 1.807) is 41.3 Å². The van der Waals surface area contributed by atoms with Gasteiger partial charge < -0.3 is 15.0 Å². The molecule has 2 aromatic rings. The number of ether oxygens (including phenoxy) is 1. The van der Waals surface area contributed by atoms with Crippen LogP contribution in [0.1, 0.15) is 20.7 Å². The van der Waals surface area contributed by atoms with Gasteiger partial charge in [0, 0.05) is 18.3 Å². The molecule has 122 valence electrons. The van der Waals surface area contributed by atoms with Crippen LogP contribution in [-0.4, -0.2) is 54.3 Å². The third kappa shape index (κ3) is 4.65. The van der Waals surface area contributed by atoms with Gasteiger partial charge in [0.05, 0.1) is 31.1 Å². The number of nitrogens with one attached hydrogen (secondary N) is 1. The van der Waals surface area contributed by atoms with Gasteiger partial charge in [-0.2, -0.15) is 5.10 Å². The molecular weight excluding hydrogens is 296 g/mol. The summed E-state index contributed by atoms with van der Waals surface area (Å²) in [6.45, 7) is 1.61. The van der Waals surface area contributed by atoms with E-state index >= 15 is 0 Å². The van der Waals surface area contributed by atoms with Crippen molar-refractivity contribution < 1.29 is 14.3 Å². The number of aromatic nitrogens is 2. The molecule has 0 radical (unpaired) electrons.